The van der Waals surface area contributed by atoms with Crippen LogP contribution in [0.5, 0.6) is 0 Å². The van der Waals surface area contributed by atoms with Gasteiger partial charge in [0, 0.05) is 22.6 Å². The van der Waals surface area contributed by atoms with Crippen LogP contribution >= 0.6 is 34.8 Å². The Balaban J connectivity index is 2.05. The van der Waals surface area contributed by atoms with Crippen molar-refractivity contribution in [2.24, 2.45) is 0 Å². The smallest absolute Gasteiger partial charge is 0.264 e. The fourth-order valence-corrected chi connectivity index (χ4v) is 5.75. The van der Waals surface area contributed by atoms with Crippen LogP contribution in [0.2, 0.25) is 15.1 Å². The number of hydrogen-bond acceptors (Lipinski definition) is 4. The zero-order valence-electron chi connectivity index (χ0n) is 21.8. The highest BCUT2D eigenvalue weighted by Crippen LogP contribution is 2.33. The number of rotatable bonds is 11. The predicted molar refractivity (Wildman–Crippen MR) is 157 cm³/mol. The molecule has 208 valence electrons. The third-order valence-corrected chi connectivity index (χ3v) is 8.80. The standard InChI is InChI=1S/C28H30Cl3N3O4S/c1-4-19(2)32-28(36)20(3)33(17-21-10-12-22(29)13-11-21)27(35)18-34(26-16-23(30)14-15-25(26)31)39(37,38)24-8-6-5-7-9-24/h5-16,19-20H,4,17-18H2,1-3H3,(H,32,36)/t19-,20+/m1/s1. The molecule has 2 atom stereocenters. The van der Waals surface area contributed by atoms with Crippen LogP contribution in [0, 0.1) is 0 Å². The summed E-state index contributed by atoms with van der Waals surface area (Å²) in [6.45, 7) is 4.84. The van der Waals surface area contributed by atoms with Gasteiger partial charge in [0.1, 0.15) is 12.6 Å². The van der Waals surface area contributed by atoms with Crippen LogP contribution in [0.15, 0.2) is 77.7 Å². The lowest BCUT2D eigenvalue weighted by Crippen LogP contribution is -2.52. The molecule has 0 bridgehead atoms. The normalized spacial score (nSPS) is 12.9. The summed E-state index contributed by atoms with van der Waals surface area (Å²) in [5.41, 5.74) is 0.763. The Kier molecular flexibility index (Phi) is 10.7. The predicted octanol–water partition coefficient (Wildman–Crippen LogP) is 6.17. The number of hydrogen-bond donors (Lipinski definition) is 1. The average Bonchev–Trinajstić information content (AvgIpc) is 2.92. The Hall–Kier alpha value is -2.78. The van der Waals surface area contributed by atoms with E-state index >= 15 is 0 Å². The molecule has 0 saturated heterocycles. The molecule has 0 saturated carbocycles. The molecule has 0 heterocycles. The van der Waals surface area contributed by atoms with Gasteiger partial charge in [-0.1, -0.05) is 72.1 Å². The van der Waals surface area contributed by atoms with Crippen molar-refractivity contribution >= 4 is 62.3 Å². The van der Waals surface area contributed by atoms with Gasteiger partial charge in [-0.05, 0) is 68.3 Å². The number of benzene rings is 3. The number of halogens is 3. The zero-order chi connectivity index (χ0) is 28.7. The first-order valence-corrected chi connectivity index (χ1v) is 14.9. The first kappa shape index (κ1) is 30.8. The van der Waals surface area contributed by atoms with Crippen LogP contribution < -0.4 is 9.62 Å². The Labute approximate surface area is 244 Å². The molecule has 3 aromatic rings. The van der Waals surface area contributed by atoms with Gasteiger partial charge in [0.2, 0.25) is 11.8 Å². The van der Waals surface area contributed by atoms with E-state index in [1.165, 1.54) is 35.2 Å². The van der Waals surface area contributed by atoms with Crippen molar-refractivity contribution in [3.63, 3.8) is 0 Å². The minimum Gasteiger partial charge on any atom is -0.352 e. The largest absolute Gasteiger partial charge is 0.352 e. The van der Waals surface area contributed by atoms with Gasteiger partial charge in [0.25, 0.3) is 10.0 Å². The van der Waals surface area contributed by atoms with Gasteiger partial charge < -0.3 is 10.2 Å². The summed E-state index contributed by atoms with van der Waals surface area (Å²) in [6, 6.07) is 17.9. The van der Waals surface area contributed by atoms with Gasteiger partial charge in [-0.2, -0.15) is 0 Å². The van der Waals surface area contributed by atoms with E-state index in [0.29, 0.717) is 17.0 Å². The van der Waals surface area contributed by atoms with Gasteiger partial charge >= 0.3 is 0 Å². The van der Waals surface area contributed by atoms with Crippen LogP contribution in [-0.2, 0) is 26.2 Å². The maximum absolute atomic E-state index is 13.9. The third-order valence-electron chi connectivity index (χ3n) is 6.22. The number of carbonyl (C=O) groups is 2. The van der Waals surface area contributed by atoms with Crippen LogP contribution in [0.25, 0.3) is 0 Å². The first-order chi connectivity index (χ1) is 18.4. The van der Waals surface area contributed by atoms with Gasteiger partial charge in [-0.15, -0.1) is 0 Å². The maximum atomic E-state index is 13.9. The summed E-state index contributed by atoms with van der Waals surface area (Å²) in [5.74, 6) is -0.961. The number of anilines is 1. The Bertz CT molecular complexity index is 1400. The number of amides is 2. The van der Waals surface area contributed by atoms with E-state index in [-0.39, 0.29) is 39.1 Å². The van der Waals surface area contributed by atoms with Crippen LogP contribution in [-0.4, -0.2) is 43.8 Å². The molecule has 2 amide bonds. The minimum absolute atomic E-state index is 0.0272. The van der Waals surface area contributed by atoms with E-state index in [1.807, 2.05) is 13.8 Å². The monoisotopic (exact) mass is 609 g/mol. The minimum atomic E-state index is -4.24. The molecule has 0 aliphatic heterocycles. The molecule has 0 spiro atoms. The molecule has 0 aromatic heterocycles. The van der Waals surface area contributed by atoms with Gasteiger partial charge in [-0.3, -0.25) is 13.9 Å². The quantitative estimate of drug-likeness (QED) is 0.281. The van der Waals surface area contributed by atoms with Crippen molar-refractivity contribution in [2.75, 3.05) is 10.8 Å². The Morgan fingerprint density at radius 1 is 0.897 bits per heavy atom. The number of nitrogens with one attached hydrogen (secondary N) is 1. The van der Waals surface area contributed by atoms with E-state index in [4.69, 9.17) is 34.8 Å². The van der Waals surface area contributed by atoms with Crippen molar-refractivity contribution < 1.29 is 18.0 Å². The summed E-state index contributed by atoms with van der Waals surface area (Å²) in [4.78, 5) is 28.3. The van der Waals surface area contributed by atoms with E-state index in [9.17, 15) is 18.0 Å². The highest BCUT2D eigenvalue weighted by atomic mass is 35.5. The highest BCUT2D eigenvalue weighted by molar-refractivity contribution is 7.92. The average molecular weight is 611 g/mol. The lowest BCUT2D eigenvalue weighted by Gasteiger charge is -2.32. The molecule has 0 aliphatic rings. The van der Waals surface area contributed by atoms with Crippen molar-refractivity contribution in [3.8, 4) is 0 Å². The molecule has 0 unspecified atom stereocenters. The van der Waals surface area contributed by atoms with E-state index < -0.39 is 28.5 Å². The summed E-state index contributed by atoms with van der Waals surface area (Å²) < 4.78 is 28.5. The molecule has 3 rings (SSSR count). The third kappa shape index (κ3) is 7.88. The summed E-state index contributed by atoms with van der Waals surface area (Å²) in [6.07, 6.45) is 0.708. The maximum Gasteiger partial charge on any atom is 0.264 e. The summed E-state index contributed by atoms with van der Waals surface area (Å²) >= 11 is 18.6. The van der Waals surface area contributed by atoms with Crippen LogP contribution in [0.4, 0.5) is 5.69 Å². The summed E-state index contributed by atoms with van der Waals surface area (Å²) in [7, 11) is -4.24. The molecular formula is C28H30Cl3N3O4S. The van der Waals surface area contributed by atoms with Crippen molar-refractivity contribution in [2.45, 2.75) is 50.7 Å². The van der Waals surface area contributed by atoms with Crippen LogP contribution in [0.3, 0.4) is 0 Å². The van der Waals surface area contributed by atoms with E-state index in [0.717, 1.165) is 4.31 Å². The Morgan fingerprint density at radius 2 is 1.51 bits per heavy atom. The number of sulfonamides is 1. The number of carbonyl (C=O) groups excluding carboxylic acids is 2. The van der Waals surface area contributed by atoms with Crippen molar-refractivity contribution in [1.29, 1.82) is 0 Å². The number of nitrogens with zero attached hydrogens (tertiary/aromatic N) is 2. The molecule has 39 heavy (non-hydrogen) atoms. The van der Waals surface area contributed by atoms with Crippen LogP contribution in [0.1, 0.15) is 32.8 Å². The van der Waals surface area contributed by atoms with E-state index in [1.54, 1.807) is 49.4 Å². The lowest BCUT2D eigenvalue weighted by atomic mass is 10.1. The first-order valence-electron chi connectivity index (χ1n) is 12.3. The van der Waals surface area contributed by atoms with Gasteiger partial charge in [0.15, 0.2) is 0 Å². The second-order valence-electron chi connectivity index (χ2n) is 9.06. The van der Waals surface area contributed by atoms with Gasteiger partial charge in [0.05, 0.1) is 15.6 Å². The second kappa shape index (κ2) is 13.5. The van der Waals surface area contributed by atoms with Crippen molar-refractivity contribution in [3.05, 3.63) is 93.4 Å². The van der Waals surface area contributed by atoms with E-state index in [2.05, 4.69) is 5.32 Å². The van der Waals surface area contributed by atoms with Crippen molar-refractivity contribution in [1.82, 2.24) is 10.2 Å². The fraction of sp³-hybridized carbons (Fsp3) is 0.286. The molecule has 1 N–H and O–H groups in total. The SMILES string of the molecule is CC[C@@H](C)NC(=O)[C@H](C)N(Cc1ccc(Cl)cc1)C(=O)CN(c1cc(Cl)ccc1Cl)S(=O)(=O)c1ccccc1. The molecule has 0 radical (unpaired) electrons. The zero-order valence-corrected chi connectivity index (χ0v) is 24.9. The Morgan fingerprint density at radius 3 is 2.13 bits per heavy atom. The molecule has 3 aromatic carbocycles. The molecule has 0 aliphatic carbocycles. The molecular weight excluding hydrogens is 581 g/mol. The fourth-order valence-electron chi connectivity index (χ4n) is 3.74. The second-order valence-corrected chi connectivity index (χ2v) is 12.2. The molecule has 0 fully saturated rings. The molecule has 11 heteroatoms. The highest BCUT2D eigenvalue weighted by Gasteiger charge is 2.33. The lowest BCUT2D eigenvalue weighted by molar-refractivity contribution is -0.139. The van der Waals surface area contributed by atoms with Gasteiger partial charge in [-0.25, -0.2) is 8.42 Å². The topological polar surface area (TPSA) is 86.8 Å². The summed E-state index contributed by atoms with van der Waals surface area (Å²) in [5, 5.41) is 3.76. The molecule has 7 nitrogen and oxygen atoms in total.